The maximum Gasteiger partial charge on any atom is 0.124 e. The first-order valence-corrected chi connectivity index (χ1v) is 5.53. The molecule has 1 fully saturated rings. The van der Waals surface area contributed by atoms with Gasteiger partial charge in [0.25, 0.3) is 0 Å². The highest BCUT2D eigenvalue weighted by Gasteiger charge is 2.26. The number of halogens is 1. The fourth-order valence-corrected chi connectivity index (χ4v) is 1.87. The van der Waals surface area contributed by atoms with Crippen molar-refractivity contribution in [3.05, 3.63) is 47.5 Å². The number of nitriles is 1. The second kappa shape index (κ2) is 3.70. The van der Waals surface area contributed by atoms with Gasteiger partial charge in [-0.3, -0.25) is 0 Å². The molecule has 1 heterocycles. The number of rotatable bonds is 2. The molecule has 2 aromatic rings. The van der Waals surface area contributed by atoms with Crippen molar-refractivity contribution in [3.8, 4) is 11.8 Å². The van der Waals surface area contributed by atoms with Gasteiger partial charge in [0.15, 0.2) is 0 Å². The van der Waals surface area contributed by atoms with Crippen LogP contribution >= 0.6 is 0 Å². The van der Waals surface area contributed by atoms with Crippen LogP contribution in [0.2, 0.25) is 0 Å². The van der Waals surface area contributed by atoms with E-state index in [1.165, 1.54) is 25.0 Å². The molecule has 84 valence electrons. The molecule has 1 aliphatic rings. The van der Waals surface area contributed by atoms with E-state index in [1.54, 1.807) is 10.7 Å². The molecule has 3 rings (SSSR count). The van der Waals surface area contributed by atoms with E-state index >= 15 is 0 Å². The molecule has 0 amide bonds. The van der Waals surface area contributed by atoms with E-state index in [4.69, 9.17) is 5.26 Å². The Balaban J connectivity index is 2.04. The van der Waals surface area contributed by atoms with Gasteiger partial charge >= 0.3 is 0 Å². The van der Waals surface area contributed by atoms with Crippen molar-refractivity contribution in [2.45, 2.75) is 18.8 Å². The van der Waals surface area contributed by atoms with Gasteiger partial charge in [-0.05, 0) is 37.1 Å². The average Bonchev–Trinajstić information content (AvgIpc) is 3.08. The first kappa shape index (κ1) is 10.0. The molecule has 4 heteroatoms. The zero-order chi connectivity index (χ0) is 11.8. The molecule has 1 saturated carbocycles. The molecule has 0 aliphatic heterocycles. The maximum absolute atomic E-state index is 13.0. The first-order chi connectivity index (χ1) is 8.28. The minimum Gasteiger partial charge on any atom is -0.239 e. The smallest absolute Gasteiger partial charge is 0.124 e. The van der Waals surface area contributed by atoms with Crippen LogP contribution in [0.4, 0.5) is 4.39 Å². The van der Waals surface area contributed by atoms with E-state index in [-0.39, 0.29) is 0 Å². The quantitative estimate of drug-likeness (QED) is 0.791. The van der Waals surface area contributed by atoms with Crippen molar-refractivity contribution in [3.63, 3.8) is 0 Å². The molecule has 1 aliphatic carbocycles. The van der Waals surface area contributed by atoms with Crippen LogP contribution in [-0.4, -0.2) is 9.78 Å². The third-order valence-corrected chi connectivity index (χ3v) is 2.93. The Bertz CT molecular complexity index is 605. The number of nitrogens with zero attached hydrogens (tertiary/aromatic N) is 3. The zero-order valence-electron chi connectivity index (χ0n) is 9.10. The van der Waals surface area contributed by atoms with Crippen molar-refractivity contribution < 1.29 is 4.39 Å². The molecule has 0 saturated heterocycles. The van der Waals surface area contributed by atoms with E-state index in [0.717, 1.165) is 5.69 Å². The van der Waals surface area contributed by atoms with Gasteiger partial charge in [-0.25, -0.2) is 9.07 Å². The molecular weight excluding hydrogens is 217 g/mol. The summed E-state index contributed by atoms with van der Waals surface area (Å²) in [5, 5.41) is 13.4. The van der Waals surface area contributed by atoms with Gasteiger partial charge in [-0.1, -0.05) is 0 Å². The Hall–Kier alpha value is -2.15. The molecule has 0 unspecified atom stereocenters. The average molecular weight is 227 g/mol. The molecule has 1 aromatic carbocycles. The summed E-state index contributed by atoms with van der Waals surface area (Å²) in [5.74, 6) is 0.169. The number of hydrogen-bond donors (Lipinski definition) is 0. The second-order valence-electron chi connectivity index (χ2n) is 4.23. The topological polar surface area (TPSA) is 41.6 Å². The van der Waals surface area contributed by atoms with Crippen molar-refractivity contribution in [2.24, 2.45) is 0 Å². The predicted molar refractivity (Wildman–Crippen MR) is 60.2 cm³/mol. The van der Waals surface area contributed by atoms with Crippen molar-refractivity contribution in [1.82, 2.24) is 9.78 Å². The van der Waals surface area contributed by atoms with E-state index in [1.807, 2.05) is 18.3 Å². The van der Waals surface area contributed by atoms with Gasteiger partial charge in [0, 0.05) is 12.1 Å². The van der Waals surface area contributed by atoms with Crippen molar-refractivity contribution >= 4 is 0 Å². The number of hydrogen-bond acceptors (Lipinski definition) is 2. The summed E-state index contributed by atoms with van der Waals surface area (Å²) in [5.41, 5.74) is 1.98. The lowest BCUT2D eigenvalue weighted by Crippen LogP contribution is -1.99. The highest BCUT2D eigenvalue weighted by molar-refractivity contribution is 5.48. The largest absolute Gasteiger partial charge is 0.239 e. The fraction of sp³-hybridized carbons (Fsp3) is 0.231. The standard InChI is InChI=1S/C13H10FN3/c14-11-3-4-13(10(7-11)8-15)17-6-5-12(16-17)9-1-2-9/h3-7,9H,1-2H2. The molecule has 1 aromatic heterocycles. The SMILES string of the molecule is N#Cc1cc(F)ccc1-n1ccc(C2CC2)n1. The molecule has 0 N–H and O–H groups in total. The monoisotopic (exact) mass is 227 g/mol. The summed E-state index contributed by atoms with van der Waals surface area (Å²) in [7, 11) is 0. The molecule has 17 heavy (non-hydrogen) atoms. The summed E-state index contributed by atoms with van der Waals surface area (Å²) in [6, 6.07) is 8.10. The van der Waals surface area contributed by atoms with Crippen LogP contribution in [0.1, 0.15) is 30.0 Å². The highest BCUT2D eigenvalue weighted by atomic mass is 19.1. The first-order valence-electron chi connectivity index (χ1n) is 5.53. The van der Waals surface area contributed by atoms with Crippen LogP contribution in [0, 0.1) is 17.1 Å². The minimum absolute atomic E-state index is 0.301. The van der Waals surface area contributed by atoms with Gasteiger partial charge in [0.05, 0.1) is 16.9 Å². The Labute approximate surface area is 98.1 Å². The maximum atomic E-state index is 13.0. The minimum atomic E-state index is -0.403. The third-order valence-electron chi connectivity index (χ3n) is 2.93. The fourth-order valence-electron chi connectivity index (χ4n) is 1.87. The summed E-state index contributed by atoms with van der Waals surface area (Å²) < 4.78 is 14.7. The molecular formula is C13H10FN3. The normalized spacial score (nSPS) is 14.6. The van der Waals surface area contributed by atoms with Crippen LogP contribution in [0.15, 0.2) is 30.5 Å². The lowest BCUT2D eigenvalue weighted by Gasteiger charge is -2.03. The van der Waals surface area contributed by atoms with Crippen LogP contribution in [0.25, 0.3) is 5.69 Å². The lowest BCUT2D eigenvalue weighted by molar-refractivity contribution is 0.626. The third kappa shape index (κ3) is 1.80. The molecule has 0 bridgehead atoms. The Morgan fingerprint density at radius 2 is 2.18 bits per heavy atom. The van der Waals surface area contributed by atoms with Gasteiger partial charge in [0.1, 0.15) is 11.9 Å². The Morgan fingerprint density at radius 3 is 2.88 bits per heavy atom. The zero-order valence-corrected chi connectivity index (χ0v) is 9.10. The number of aromatic nitrogens is 2. The Kier molecular flexibility index (Phi) is 2.19. The van der Waals surface area contributed by atoms with E-state index in [9.17, 15) is 4.39 Å². The predicted octanol–water partition coefficient (Wildman–Crippen LogP) is 2.76. The molecule has 0 radical (unpaired) electrons. The molecule has 0 atom stereocenters. The lowest BCUT2D eigenvalue weighted by atomic mass is 10.2. The van der Waals surface area contributed by atoms with Gasteiger partial charge in [-0.2, -0.15) is 10.4 Å². The molecule has 3 nitrogen and oxygen atoms in total. The van der Waals surface area contributed by atoms with Crippen molar-refractivity contribution in [1.29, 1.82) is 5.26 Å². The summed E-state index contributed by atoms with van der Waals surface area (Å²) in [6.45, 7) is 0. The molecule has 0 spiro atoms. The van der Waals surface area contributed by atoms with Gasteiger partial charge < -0.3 is 0 Å². The van der Waals surface area contributed by atoms with Gasteiger partial charge in [0.2, 0.25) is 0 Å². The van der Waals surface area contributed by atoms with E-state index in [0.29, 0.717) is 17.2 Å². The second-order valence-corrected chi connectivity index (χ2v) is 4.23. The number of benzene rings is 1. The van der Waals surface area contributed by atoms with Crippen LogP contribution in [-0.2, 0) is 0 Å². The van der Waals surface area contributed by atoms with Crippen LogP contribution < -0.4 is 0 Å². The summed E-state index contributed by atoms with van der Waals surface area (Å²) in [4.78, 5) is 0. The summed E-state index contributed by atoms with van der Waals surface area (Å²) in [6.07, 6.45) is 4.19. The summed E-state index contributed by atoms with van der Waals surface area (Å²) >= 11 is 0. The van der Waals surface area contributed by atoms with E-state index < -0.39 is 5.82 Å². The Morgan fingerprint density at radius 1 is 1.35 bits per heavy atom. The van der Waals surface area contributed by atoms with Gasteiger partial charge in [-0.15, -0.1) is 0 Å². The van der Waals surface area contributed by atoms with Crippen molar-refractivity contribution in [2.75, 3.05) is 0 Å². The van der Waals surface area contributed by atoms with E-state index in [2.05, 4.69) is 5.10 Å². The highest BCUT2D eigenvalue weighted by Crippen LogP contribution is 2.39. The van der Waals surface area contributed by atoms with Crippen LogP contribution in [0.3, 0.4) is 0 Å². The van der Waals surface area contributed by atoms with Crippen LogP contribution in [0.5, 0.6) is 0 Å².